The van der Waals surface area contributed by atoms with Crippen molar-refractivity contribution in [3.8, 4) is 11.9 Å². The number of alkyl halides is 1. The number of pyridine rings is 1. The highest BCUT2D eigenvalue weighted by Crippen LogP contribution is 2.34. The molecule has 2 aromatic rings. The third-order valence-electron chi connectivity index (χ3n) is 3.37. The number of hydrogen-bond donors (Lipinski definition) is 0. The molecule has 1 aliphatic heterocycles. The lowest BCUT2D eigenvalue weighted by molar-refractivity contribution is 0.103. The monoisotopic (exact) mass is 306 g/mol. The fraction of sp³-hybridized carbons (Fsp3) is 0.357. The van der Waals surface area contributed by atoms with Crippen LogP contribution in [0.5, 0.6) is 0 Å². The van der Waals surface area contributed by atoms with E-state index in [4.69, 9.17) is 21.6 Å². The third-order valence-corrected chi connectivity index (χ3v) is 3.58. The average Bonchev–Trinajstić information content (AvgIpc) is 3.04. The summed E-state index contributed by atoms with van der Waals surface area (Å²) in [6.45, 7) is 1.89. The first-order valence-electron chi connectivity index (χ1n) is 6.47. The SMILES string of the molecule is Cc1cc(C#N)nn1-c1nc(Cl)ccc1[C@@H]1C[C@@H](F)CO1. The summed E-state index contributed by atoms with van der Waals surface area (Å²) in [7, 11) is 0. The predicted molar refractivity (Wildman–Crippen MR) is 74.0 cm³/mol. The molecule has 5 nitrogen and oxygen atoms in total. The van der Waals surface area contributed by atoms with Gasteiger partial charge in [-0.25, -0.2) is 14.1 Å². The second-order valence-corrected chi connectivity index (χ2v) is 5.28. The van der Waals surface area contributed by atoms with Crippen molar-refractivity contribution >= 4 is 11.6 Å². The smallest absolute Gasteiger partial charge is 0.163 e. The first-order valence-corrected chi connectivity index (χ1v) is 6.85. The average molecular weight is 307 g/mol. The fourth-order valence-electron chi connectivity index (χ4n) is 2.41. The molecule has 0 aliphatic carbocycles. The van der Waals surface area contributed by atoms with Crippen molar-refractivity contribution in [3.05, 3.63) is 40.3 Å². The van der Waals surface area contributed by atoms with Gasteiger partial charge in [0, 0.05) is 17.7 Å². The number of aryl methyl sites for hydroxylation is 1. The van der Waals surface area contributed by atoms with Crippen molar-refractivity contribution in [2.75, 3.05) is 6.61 Å². The normalized spacial score (nSPS) is 21.4. The first kappa shape index (κ1) is 14.0. The first-order chi connectivity index (χ1) is 10.1. The van der Waals surface area contributed by atoms with Gasteiger partial charge < -0.3 is 4.74 Å². The number of aromatic nitrogens is 3. The quantitative estimate of drug-likeness (QED) is 0.800. The summed E-state index contributed by atoms with van der Waals surface area (Å²) in [5, 5.41) is 13.4. The van der Waals surface area contributed by atoms with Gasteiger partial charge in [-0.2, -0.15) is 10.4 Å². The topological polar surface area (TPSA) is 63.7 Å². The van der Waals surface area contributed by atoms with Crippen molar-refractivity contribution < 1.29 is 9.13 Å². The molecule has 0 spiro atoms. The van der Waals surface area contributed by atoms with Crippen LogP contribution in [0.15, 0.2) is 18.2 Å². The molecule has 1 saturated heterocycles. The van der Waals surface area contributed by atoms with Gasteiger partial charge in [0.1, 0.15) is 17.4 Å². The summed E-state index contributed by atoms with van der Waals surface area (Å²) in [5.41, 5.74) is 1.75. The van der Waals surface area contributed by atoms with E-state index in [2.05, 4.69) is 10.1 Å². The van der Waals surface area contributed by atoms with Crippen molar-refractivity contribution in [2.24, 2.45) is 0 Å². The van der Waals surface area contributed by atoms with Crippen molar-refractivity contribution in [1.82, 2.24) is 14.8 Å². The van der Waals surface area contributed by atoms with E-state index in [9.17, 15) is 4.39 Å². The van der Waals surface area contributed by atoms with Crippen LogP contribution in [0.4, 0.5) is 4.39 Å². The van der Waals surface area contributed by atoms with Crippen LogP contribution in [-0.2, 0) is 4.74 Å². The van der Waals surface area contributed by atoms with Crippen LogP contribution in [-0.4, -0.2) is 27.5 Å². The highest BCUT2D eigenvalue weighted by Gasteiger charge is 2.29. The van der Waals surface area contributed by atoms with E-state index in [1.54, 1.807) is 18.2 Å². The van der Waals surface area contributed by atoms with E-state index in [-0.39, 0.29) is 24.8 Å². The maximum atomic E-state index is 13.4. The van der Waals surface area contributed by atoms with E-state index in [0.717, 1.165) is 11.3 Å². The van der Waals surface area contributed by atoms with Crippen molar-refractivity contribution in [1.29, 1.82) is 5.26 Å². The standard InChI is InChI=1S/C14H12ClFN4O/c1-8-4-10(6-17)19-20(8)14-11(2-3-13(15)18-14)12-5-9(16)7-21-12/h2-4,9,12H,5,7H2,1H3/t9-,12+/m1/s1. The maximum Gasteiger partial charge on any atom is 0.163 e. The molecule has 3 heterocycles. The zero-order valence-electron chi connectivity index (χ0n) is 11.3. The third kappa shape index (κ3) is 2.62. The van der Waals surface area contributed by atoms with Crippen LogP contribution in [0.1, 0.15) is 29.5 Å². The van der Waals surface area contributed by atoms with Gasteiger partial charge >= 0.3 is 0 Å². The molecule has 0 saturated carbocycles. The highest BCUT2D eigenvalue weighted by atomic mass is 35.5. The summed E-state index contributed by atoms with van der Waals surface area (Å²) < 4.78 is 20.4. The van der Waals surface area contributed by atoms with E-state index >= 15 is 0 Å². The summed E-state index contributed by atoms with van der Waals surface area (Å²) in [6.07, 6.45) is -1.08. The molecule has 0 unspecified atom stereocenters. The molecule has 108 valence electrons. The number of ether oxygens (including phenoxy) is 1. The minimum atomic E-state index is -0.980. The molecule has 1 fully saturated rings. The number of halogens is 2. The minimum Gasteiger partial charge on any atom is -0.370 e. The lowest BCUT2D eigenvalue weighted by atomic mass is 10.1. The Bertz CT molecular complexity index is 724. The van der Waals surface area contributed by atoms with Crippen LogP contribution < -0.4 is 0 Å². The number of hydrogen-bond acceptors (Lipinski definition) is 4. The van der Waals surface area contributed by atoms with Crippen molar-refractivity contribution in [3.63, 3.8) is 0 Å². The van der Waals surface area contributed by atoms with Gasteiger partial charge in [0.05, 0.1) is 12.7 Å². The Balaban J connectivity index is 2.10. The van der Waals surface area contributed by atoms with Crippen LogP contribution in [0, 0.1) is 18.3 Å². The van der Waals surface area contributed by atoms with Gasteiger partial charge in [-0.15, -0.1) is 0 Å². The van der Waals surface area contributed by atoms with Gasteiger partial charge in [0.15, 0.2) is 11.5 Å². The zero-order chi connectivity index (χ0) is 15.0. The van der Waals surface area contributed by atoms with Gasteiger partial charge in [0.25, 0.3) is 0 Å². The Morgan fingerprint density at radius 1 is 1.52 bits per heavy atom. The van der Waals surface area contributed by atoms with Gasteiger partial charge in [-0.1, -0.05) is 11.6 Å². The van der Waals surface area contributed by atoms with E-state index in [0.29, 0.717) is 11.0 Å². The van der Waals surface area contributed by atoms with Crippen LogP contribution >= 0.6 is 11.6 Å². The van der Waals surface area contributed by atoms with Crippen LogP contribution in [0.2, 0.25) is 5.15 Å². The van der Waals surface area contributed by atoms with E-state index in [1.807, 2.05) is 13.0 Å². The Labute approximate surface area is 125 Å². The minimum absolute atomic E-state index is 0.0776. The van der Waals surface area contributed by atoms with Crippen LogP contribution in [0.3, 0.4) is 0 Å². The molecule has 0 radical (unpaired) electrons. The Kier molecular flexibility index (Phi) is 3.62. The number of nitrogens with zero attached hydrogens (tertiary/aromatic N) is 4. The molecule has 2 aromatic heterocycles. The summed E-state index contributed by atoms with van der Waals surface area (Å²) >= 11 is 5.96. The second kappa shape index (κ2) is 5.43. The lowest BCUT2D eigenvalue weighted by Gasteiger charge is -2.15. The molecule has 0 aromatic carbocycles. The number of rotatable bonds is 2. The summed E-state index contributed by atoms with van der Waals surface area (Å²) in [6, 6.07) is 7.04. The molecular weight excluding hydrogens is 295 g/mol. The molecule has 2 atom stereocenters. The summed E-state index contributed by atoms with van der Waals surface area (Å²) in [4.78, 5) is 4.28. The van der Waals surface area contributed by atoms with Gasteiger partial charge in [0.2, 0.25) is 0 Å². The van der Waals surface area contributed by atoms with Crippen LogP contribution in [0.25, 0.3) is 5.82 Å². The highest BCUT2D eigenvalue weighted by molar-refractivity contribution is 6.29. The molecule has 21 heavy (non-hydrogen) atoms. The second-order valence-electron chi connectivity index (χ2n) is 4.90. The molecule has 0 N–H and O–H groups in total. The summed E-state index contributed by atoms with van der Waals surface area (Å²) in [5.74, 6) is 0.473. The largest absolute Gasteiger partial charge is 0.370 e. The molecule has 1 aliphatic rings. The van der Waals surface area contributed by atoms with Crippen molar-refractivity contribution in [2.45, 2.75) is 25.6 Å². The maximum absolute atomic E-state index is 13.4. The molecule has 3 rings (SSSR count). The lowest BCUT2D eigenvalue weighted by Crippen LogP contribution is -2.09. The van der Waals surface area contributed by atoms with E-state index < -0.39 is 6.17 Å². The Morgan fingerprint density at radius 2 is 2.33 bits per heavy atom. The zero-order valence-corrected chi connectivity index (χ0v) is 12.0. The number of nitriles is 1. The molecule has 7 heteroatoms. The molecule has 0 amide bonds. The Hall–Kier alpha value is -1.97. The Morgan fingerprint density at radius 3 is 2.95 bits per heavy atom. The molecule has 0 bridgehead atoms. The molecular formula is C14H12ClFN4O. The van der Waals surface area contributed by atoms with Gasteiger partial charge in [-0.3, -0.25) is 0 Å². The fourth-order valence-corrected chi connectivity index (χ4v) is 2.55. The van der Waals surface area contributed by atoms with E-state index in [1.165, 1.54) is 4.68 Å². The predicted octanol–water partition coefficient (Wildman–Crippen LogP) is 2.90. The van der Waals surface area contributed by atoms with Gasteiger partial charge in [-0.05, 0) is 25.1 Å².